The number of hydrogen-bond donors (Lipinski definition) is 0. The summed E-state index contributed by atoms with van der Waals surface area (Å²) in [6.07, 6.45) is 4.48. The predicted octanol–water partition coefficient (Wildman–Crippen LogP) is 2.43. The summed E-state index contributed by atoms with van der Waals surface area (Å²) in [6.45, 7) is 6.27. The van der Waals surface area contributed by atoms with Crippen molar-refractivity contribution < 1.29 is 9.59 Å². The number of carbonyl (C=O) groups excluding carboxylic acids is 2. The Morgan fingerprint density at radius 3 is 2.62 bits per heavy atom. The zero-order valence-corrected chi connectivity index (χ0v) is 15.7. The molecule has 1 atom stereocenters. The van der Waals surface area contributed by atoms with Gasteiger partial charge in [0.25, 0.3) is 0 Å². The predicted molar refractivity (Wildman–Crippen MR) is 102 cm³/mol. The molecule has 2 amide bonds. The highest BCUT2D eigenvalue weighted by Crippen LogP contribution is 2.32. The lowest BCUT2D eigenvalue weighted by Gasteiger charge is -2.34. The normalized spacial score (nSPS) is 24.6. The van der Waals surface area contributed by atoms with Crippen molar-refractivity contribution in [2.24, 2.45) is 5.92 Å². The van der Waals surface area contributed by atoms with Gasteiger partial charge < -0.3 is 14.7 Å². The molecule has 1 aliphatic carbocycles. The van der Waals surface area contributed by atoms with Crippen LogP contribution in [0.2, 0.25) is 0 Å². The number of piperidine rings is 1. The van der Waals surface area contributed by atoms with E-state index >= 15 is 0 Å². The summed E-state index contributed by atoms with van der Waals surface area (Å²) in [4.78, 5) is 31.6. The molecule has 2 heterocycles. The van der Waals surface area contributed by atoms with Gasteiger partial charge in [0.1, 0.15) is 0 Å². The van der Waals surface area contributed by atoms with Crippen molar-refractivity contribution in [3.05, 3.63) is 29.8 Å². The zero-order valence-electron chi connectivity index (χ0n) is 15.7. The number of para-hydroxylation sites is 1. The monoisotopic (exact) mass is 355 g/mol. The third kappa shape index (κ3) is 3.57. The van der Waals surface area contributed by atoms with Gasteiger partial charge in [0.2, 0.25) is 11.8 Å². The number of amides is 2. The van der Waals surface area contributed by atoms with Crippen LogP contribution >= 0.6 is 0 Å². The summed E-state index contributed by atoms with van der Waals surface area (Å²) >= 11 is 0. The third-order valence-electron chi connectivity index (χ3n) is 6.04. The molecule has 0 radical (unpaired) electrons. The van der Waals surface area contributed by atoms with Crippen LogP contribution in [0.25, 0.3) is 0 Å². The van der Waals surface area contributed by atoms with E-state index in [1.807, 2.05) is 9.80 Å². The average molecular weight is 355 g/mol. The maximum atomic E-state index is 13.1. The van der Waals surface area contributed by atoms with E-state index in [1.165, 1.54) is 11.3 Å². The molecule has 2 aliphatic heterocycles. The minimum Gasteiger partial charge on any atom is -0.369 e. The molecule has 1 aromatic carbocycles. The summed E-state index contributed by atoms with van der Waals surface area (Å²) < 4.78 is 0. The molecule has 5 heteroatoms. The fourth-order valence-electron chi connectivity index (χ4n) is 4.37. The van der Waals surface area contributed by atoms with Crippen molar-refractivity contribution in [3.8, 4) is 0 Å². The van der Waals surface area contributed by atoms with E-state index in [2.05, 4.69) is 36.1 Å². The Morgan fingerprint density at radius 2 is 1.85 bits per heavy atom. The maximum Gasteiger partial charge on any atom is 0.227 e. The fraction of sp³-hybridized carbons (Fsp3) is 0.619. The first-order valence-electron chi connectivity index (χ1n) is 10.0. The quantitative estimate of drug-likeness (QED) is 0.836. The Bertz CT molecular complexity index is 686. The van der Waals surface area contributed by atoms with Crippen molar-refractivity contribution in [2.45, 2.75) is 45.1 Å². The number of hydrogen-bond acceptors (Lipinski definition) is 3. The van der Waals surface area contributed by atoms with Gasteiger partial charge >= 0.3 is 0 Å². The van der Waals surface area contributed by atoms with Gasteiger partial charge in [0, 0.05) is 50.9 Å². The number of aryl methyl sites for hydroxylation is 1. The van der Waals surface area contributed by atoms with E-state index in [0.29, 0.717) is 19.0 Å². The molecule has 1 saturated carbocycles. The van der Waals surface area contributed by atoms with Crippen molar-refractivity contribution in [1.82, 2.24) is 9.80 Å². The Morgan fingerprint density at radius 1 is 1.04 bits per heavy atom. The number of nitrogens with zero attached hydrogens (tertiary/aromatic N) is 3. The topological polar surface area (TPSA) is 43.9 Å². The second kappa shape index (κ2) is 7.29. The molecule has 2 saturated heterocycles. The van der Waals surface area contributed by atoms with Gasteiger partial charge in [-0.1, -0.05) is 18.2 Å². The summed E-state index contributed by atoms with van der Waals surface area (Å²) in [5, 5.41) is 0. The van der Waals surface area contributed by atoms with Crippen LogP contribution < -0.4 is 4.90 Å². The Hall–Kier alpha value is -2.04. The van der Waals surface area contributed by atoms with Gasteiger partial charge in [-0.2, -0.15) is 0 Å². The summed E-state index contributed by atoms with van der Waals surface area (Å²) in [5.41, 5.74) is 2.57. The van der Waals surface area contributed by atoms with E-state index in [4.69, 9.17) is 0 Å². The summed E-state index contributed by atoms with van der Waals surface area (Å²) in [6, 6.07) is 8.89. The molecule has 4 rings (SSSR count). The minimum absolute atomic E-state index is 0.00156. The van der Waals surface area contributed by atoms with Crippen LogP contribution in [-0.2, 0) is 9.59 Å². The SMILES string of the molecule is Cc1ccccc1N1CCCN(C(=O)[C@H]2CCC(=O)N(C3CC3)C2)CC1. The van der Waals surface area contributed by atoms with E-state index in [1.54, 1.807) is 0 Å². The second-order valence-electron chi connectivity index (χ2n) is 7.97. The molecule has 0 unspecified atom stereocenters. The number of carbonyl (C=O) groups is 2. The van der Waals surface area contributed by atoms with Crippen LogP contribution in [0.3, 0.4) is 0 Å². The first-order valence-corrected chi connectivity index (χ1v) is 10.0. The lowest BCUT2D eigenvalue weighted by molar-refractivity contribution is -0.143. The van der Waals surface area contributed by atoms with Gasteiger partial charge in [-0.15, -0.1) is 0 Å². The van der Waals surface area contributed by atoms with Crippen LogP contribution in [0.15, 0.2) is 24.3 Å². The molecular formula is C21H29N3O2. The van der Waals surface area contributed by atoms with Crippen LogP contribution in [0.4, 0.5) is 5.69 Å². The second-order valence-corrected chi connectivity index (χ2v) is 7.97. The molecule has 26 heavy (non-hydrogen) atoms. The minimum atomic E-state index is -0.00156. The zero-order chi connectivity index (χ0) is 18.1. The lowest BCUT2D eigenvalue weighted by atomic mass is 9.95. The number of likely N-dealkylation sites (tertiary alicyclic amines) is 1. The van der Waals surface area contributed by atoms with Crippen LogP contribution in [0, 0.1) is 12.8 Å². The summed E-state index contributed by atoms with van der Waals surface area (Å²) in [5.74, 6) is 0.506. The first-order chi connectivity index (χ1) is 12.6. The Labute approximate surface area is 155 Å². The van der Waals surface area contributed by atoms with Crippen LogP contribution in [-0.4, -0.2) is 60.4 Å². The first kappa shape index (κ1) is 17.4. The highest BCUT2D eigenvalue weighted by atomic mass is 16.2. The molecule has 3 fully saturated rings. The third-order valence-corrected chi connectivity index (χ3v) is 6.04. The molecular weight excluding hydrogens is 326 g/mol. The van der Waals surface area contributed by atoms with Gasteiger partial charge in [-0.25, -0.2) is 0 Å². The van der Waals surface area contributed by atoms with Crippen LogP contribution in [0.5, 0.6) is 0 Å². The van der Waals surface area contributed by atoms with Gasteiger partial charge in [-0.3, -0.25) is 9.59 Å². The van der Waals surface area contributed by atoms with E-state index < -0.39 is 0 Å². The summed E-state index contributed by atoms with van der Waals surface area (Å²) in [7, 11) is 0. The number of anilines is 1. The standard InChI is InChI=1S/C21H29N3O2/c1-16-5-2-3-6-19(16)22-11-4-12-23(14-13-22)21(26)17-7-10-20(25)24(15-17)18-8-9-18/h2-3,5-6,17-18H,4,7-15H2,1H3/t17-/m0/s1. The highest BCUT2D eigenvalue weighted by molar-refractivity contribution is 5.84. The molecule has 5 nitrogen and oxygen atoms in total. The highest BCUT2D eigenvalue weighted by Gasteiger charge is 2.39. The number of benzene rings is 1. The Kier molecular flexibility index (Phi) is 4.88. The van der Waals surface area contributed by atoms with Gasteiger partial charge in [0.05, 0.1) is 5.92 Å². The molecule has 140 valence electrons. The molecule has 0 bridgehead atoms. The molecule has 0 N–H and O–H groups in total. The fourth-order valence-corrected chi connectivity index (χ4v) is 4.37. The Balaban J connectivity index is 1.38. The van der Waals surface area contributed by atoms with E-state index in [9.17, 15) is 9.59 Å². The van der Waals surface area contributed by atoms with Crippen molar-refractivity contribution in [3.63, 3.8) is 0 Å². The number of rotatable bonds is 3. The molecule has 0 aromatic heterocycles. The van der Waals surface area contributed by atoms with E-state index in [0.717, 1.165) is 51.9 Å². The van der Waals surface area contributed by atoms with Crippen molar-refractivity contribution in [1.29, 1.82) is 0 Å². The average Bonchev–Trinajstić information content (AvgIpc) is 3.49. The van der Waals surface area contributed by atoms with Gasteiger partial charge in [0.15, 0.2) is 0 Å². The molecule has 1 aromatic rings. The van der Waals surface area contributed by atoms with Gasteiger partial charge in [-0.05, 0) is 44.2 Å². The van der Waals surface area contributed by atoms with Crippen LogP contribution in [0.1, 0.15) is 37.7 Å². The van der Waals surface area contributed by atoms with Crippen molar-refractivity contribution in [2.75, 3.05) is 37.6 Å². The molecule has 3 aliphatic rings. The van der Waals surface area contributed by atoms with Crippen molar-refractivity contribution >= 4 is 17.5 Å². The largest absolute Gasteiger partial charge is 0.369 e. The maximum absolute atomic E-state index is 13.1. The molecule has 0 spiro atoms. The van der Waals surface area contributed by atoms with E-state index in [-0.39, 0.29) is 17.7 Å². The smallest absolute Gasteiger partial charge is 0.227 e. The lowest BCUT2D eigenvalue weighted by Crippen LogP contribution is -2.48.